The number of anilines is 1. The van der Waals surface area contributed by atoms with Crippen LogP contribution in [0, 0.1) is 6.92 Å². The molecule has 0 radical (unpaired) electrons. The molecular formula is C22H27Cl2N3O2. The van der Waals surface area contributed by atoms with Gasteiger partial charge in [-0.3, -0.25) is 4.79 Å². The number of rotatable bonds is 8. The smallest absolute Gasteiger partial charge is 0.224 e. The number of para-hydroxylation sites is 1. The number of aromatic nitrogens is 1. The number of hydrogen-bond acceptors (Lipinski definition) is 4. The normalized spacial score (nSPS) is 10.0. The summed E-state index contributed by atoms with van der Waals surface area (Å²) < 4.78 is 5.88. The van der Waals surface area contributed by atoms with Gasteiger partial charge in [0.05, 0.1) is 5.69 Å². The molecule has 3 aromatic rings. The lowest BCUT2D eigenvalue weighted by Crippen LogP contribution is -2.17. The van der Waals surface area contributed by atoms with E-state index in [-0.39, 0.29) is 30.7 Å². The standard InChI is InChI=1S/C22H25N3O2.2ClH/c1-3-23-15-18-11-7-8-12-19(18)25-20(26)13-14-21-24-16(2)22(27-21)17-9-5-4-6-10-17;;/h4-12,23H,3,13-15H2,1-2H3,(H,25,26);2*1H. The summed E-state index contributed by atoms with van der Waals surface area (Å²) in [5.74, 6) is 1.31. The van der Waals surface area contributed by atoms with Gasteiger partial charge in [-0.25, -0.2) is 4.98 Å². The Labute approximate surface area is 184 Å². The number of benzene rings is 2. The molecule has 2 N–H and O–H groups in total. The van der Waals surface area contributed by atoms with Gasteiger partial charge in [0.2, 0.25) is 5.91 Å². The Morgan fingerprint density at radius 2 is 1.72 bits per heavy atom. The minimum absolute atomic E-state index is 0. The zero-order valence-corrected chi connectivity index (χ0v) is 18.2. The molecular weight excluding hydrogens is 409 g/mol. The summed E-state index contributed by atoms with van der Waals surface area (Å²) in [5.41, 5.74) is 3.76. The van der Waals surface area contributed by atoms with E-state index in [1.807, 2.05) is 61.5 Å². The first-order valence-corrected chi connectivity index (χ1v) is 9.27. The Bertz CT molecular complexity index is 898. The molecule has 1 amide bonds. The van der Waals surface area contributed by atoms with Crippen molar-refractivity contribution in [3.05, 3.63) is 71.7 Å². The van der Waals surface area contributed by atoms with Crippen LogP contribution >= 0.6 is 24.8 Å². The first-order chi connectivity index (χ1) is 13.2. The van der Waals surface area contributed by atoms with Crippen molar-refractivity contribution in [2.75, 3.05) is 11.9 Å². The van der Waals surface area contributed by atoms with Crippen molar-refractivity contribution in [1.82, 2.24) is 10.3 Å². The van der Waals surface area contributed by atoms with Crippen LogP contribution < -0.4 is 10.6 Å². The van der Waals surface area contributed by atoms with E-state index in [9.17, 15) is 4.79 Å². The van der Waals surface area contributed by atoms with Crippen LogP contribution in [0.5, 0.6) is 0 Å². The lowest BCUT2D eigenvalue weighted by molar-refractivity contribution is -0.116. The van der Waals surface area contributed by atoms with E-state index in [0.717, 1.165) is 41.4 Å². The Kier molecular flexibility index (Phi) is 10.5. The molecule has 0 aliphatic rings. The van der Waals surface area contributed by atoms with E-state index in [0.29, 0.717) is 18.7 Å². The fourth-order valence-corrected chi connectivity index (χ4v) is 2.91. The van der Waals surface area contributed by atoms with Crippen molar-refractivity contribution in [3.8, 4) is 11.3 Å². The minimum Gasteiger partial charge on any atom is -0.440 e. The maximum atomic E-state index is 12.4. The predicted octanol–water partition coefficient (Wildman–Crippen LogP) is 5.17. The summed E-state index contributed by atoms with van der Waals surface area (Å²) >= 11 is 0. The van der Waals surface area contributed by atoms with Gasteiger partial charge in [-0.1, -0.05) is 55.5 Å². The fraction of sp³-hybridized carbons (Fsp3) is 0.273. The van der Waals surface area contributed by atoms with E-state index in [4.69, 9.17) is 4.42 Å². The Morgan fingerprint density at radius 1 is 1.03 bits per heavy atom. The van der Waals surface area contributed by atoms with Crippen molar-refractivity contribution < 1.29 is 9.21 Å². The third-order valence-corrected chi connectivity index (χ3v) is 4.30. The van der Waals surface area contributed by atoms with Crippen molar-refractivity contribution in [2.24, 2.45) is 0 Å². The highest BCUT2D eigenvalue weighted by atomic mass is 35.5. The van der Waals surface area contributed by atoms with Crippen LogP contribution in [-0.2, 0) is 17.8 Å². The molecule has 0 atom stereocenters. The van der Waals surface area contributed by atoms with Gasteiger partial charge >= 0.3 is 0 Å². The molecule has 5 nitrogen and oxygen atoms in total. The highest BCUT2D eigenvalue weighted by Crippen LogP contribution is 2.24. The molecule has 0 fully saturated rings. The molecule has 0 aliphatic heterocycles. The molecule has 0 aliphatic carbocycles. The van der Waals surface area contributed by atoms with Gasteiger partial charge in [-0.2, -0.15) is 0 Å². The summed E-state index contributed by atoms with van der Waals surface area (Å²) in [6.07, 6.45) is 0.790. The van der Waals surface area contributed by atoms with Gasteiger partial charge in [-0.05, 0) is 25.1 Å². The lowest BCUT2D eigenvalue weighted by Gasteiger charge is -2.11. The number of halogens is 2. The molecule has 3 rings (SSSR count). The van der Waals surface area contributed by atoms with E-state index < -0.39 is 0 Å². The van der Waals surface area contributed by atoms with Crippen molar-refractivity contribution in [1.29, 1.82) is 0 Å². The van der Waals surface area contributed by atoms with E-state index in [2.05, 4.69) is 22.5 Å². The second-order valence-corrected chi connectivity index (χ2v) is 6.37. The molecule has 7 heteroatoms. The van der Waals surface area contributed by atoms with Crippen LogP contribution in [0.2, 0.25) is 0 Å². The molecule has 29 heavy (non-hydrogen) atoms. The Balaban J connectivity index is 0.00000210. The van der Waals surface area contributed by atoms with Crippen molar-refractivity contribution >= 4 is 36.4 Å². The van der Waals surface area contributed by atoms with Gasteiger partial charge in [-0.15, -0.1) is 24.8 Å². The predicted molar refractivity (Wildman–Crippen MR) is 122 cm³/mol. The second kappa shape index (κ2) is 12.3. The largest absolute Gasteiger partial charge is 0.440 e. The van der Waals surface area contributed by atoms with Crippen molar-refractivity contribution in [3.63, 3.8) is 0 Å². The van der Waals surface area contributed by atoms with E-state index >= 15 is 0 Å². The zero-order chi connectivity index (χ0) is 19.1. The average Bonchev–Trinajstić information content (AvgIpc) is 3.07. The van der Waals surface area contributed by atoms with Crippen LogP contribution in [0.15, 0.2) is 59.0 Å². The minimum atomic E-state index is -0.0453. The second-order valence-electron chi connectivity index (χ2n) is 6.37. The number of aryl methyl sites for hydroxylation is 2. The highest BCUT2D eigenvalue weighted by molar-refractivity contribution is 5.91. The number of nitrogens with one attached hydrogen (secondary N) is 2. The summed E-state index contributed by atoms with van der Waals surface area (Å²) in [6.45, 7) is 5.59. The Hall–Kier alpha value is -2.34. The van der Waals surface area contributed by atoms with Crippen LogP contribution in [0.1, 0.15) is 30.5 Å². The van der Waals surface area contributed by atoms with Gasteiger partial charge in [0.1, 0.15) is 0 Å². The number of nitrogens with zero attached hydrogens (tertiary/aromatic N) is 1. The Morgan fingerprint density at radius 3 is 2.45 bits per heavy atom. The summed E-state index contributed by atoms with van der Waals surface area (Å²) in [4.78, 5) is 16.8. The number of hydrogen-bond donors (Lipinski definition) is 2. The summed E-state index contributed by atoms with van der Waals surface area (Å²) in [6, 6.07) is 17.7. The van der Waals surface area contributed by atoms with Gasteiger partial charge < -0.3 is 15.1 Å². The first kappa shape index (κ1) is 24.7. The summed E-state index contributed by atoms with van der Waals surface area (Å²) in [5, 5.41) is 6.28. The molecule has 0 bridgehead atoms. The quantitative estimate of drug-likeness (QED) is 0.511. The van der Waals surface area contributed by atoms with Gasteiger partial charge in [0, 0.05) is 30.6 Å². The molecule has 1 heterocycles. The summed E-state index contributed by atoms with van der Waals surface area (Å²) in [7, 11) is 0. The first-order valence-electron chi connectivity index (χ1n) is 9.27. The number of carbonyl (C=O) groups excluding carboxylic acids is 1. The lowest BCUT2D eigenvalue weighted by atomic mass is 10.1. The third kappa shape index (κ3) is 6.89. The molecule has 1 aromatic heterocycles. The molecule has 0 saturated heterocycles. The van der Waals surface area contributed by atoms with E-state index in [1.165, 1.54) is 0 Å². The highest BCUT2D eigenvalue weighted by Gasteiger charge is 2.13. The van der Waals surface area contributed by atoms with Gasteiger partial charge in [0.15, 0.2) is 11.7 Å². The third-order valence-electron chi connectivity index (χ3n) is 4.30. The number of amides is 1. The molecule has 2 aromatic carbocycles. The SMILES string of the molecule is CCNCc1ccccc1NC(=O)CCc1nc(C)c(-c2ccccc2)o1.Cl.Cl. The number of carbonyl (C=O) groups is 1. The monoisotopic (exact) mass is 435 g/mol. The van der Waals surface area contributed by atoms with Crippen LogP contribution in [0.4, 0.5) is 5.69 Å². The van der Waals surface area contributed by atoms with E-state index in [1.54, 1.807) is 0 Å². The average molecular weight is 436 g/mol. The molecule has 0 unspecified atom stereocenters. The van der Waals surface area contributed by atoms with Crippen LogP contribution in [-0.4, -0.2) is 17.4 Å². The molecule has 156 valence electrons. The fourth-order valence-electron chi connectivity index (χ4n) is 2.91. The maximum Gasteiger partial charge on any atom is 0.224 e. The zero-order valence-electron chi connectivity index (χ0n) is 16.6. The van der Waals surface area contributed by atoms with Crippen molar-refractivity contribution in [2.45, 2.75) is 33.2 Å². The number of oxazole rings is 1. The van der Waals surface area contributed by atoms with Crippen LogP contribution in [0.3, 0.4) is 0 Å². The van der Waals surface area contributed by atoms with Gasteiger partial charge in [0.25, 0.3) is 0 Å². The molecule has 0 spiro atoms. The van der Waals surface area contributed by atoms with Crippen LogP contribution in [0.25, 0.3) is 11.3 Å². The maximum absolute atomic E-state index is 12.4. The molecule has 0 saturated carbocycles. The topological polar surface area (TPSA) is 67.2 Å².